The van der Waals surface area contributed by atoms with Gasteiger partial charge in [-0.05, 0) is 83.5 Å². The van der Waals surface area contributed by atoms with Crippen molar-refractivity contribution < 1.29 is 24.5 Å². The van der Waals surface area contributed by atoms with E-state index in [4.69, 9.17) is 4.74 Å². The van der Waals surface area contributed by atoms with Crippen molar-refractivity contribution in [3.8, 4) is 0 Å². The number of nitrogens with one attached hydrogen (secondary N) is 1. The summed E-state index contributed by atoms with van der Waals surface area (Å²) in [4.78, 5) is 24.5. The summed E-state index contributed by atoms with van der Waals surface area (Å²) in [6.07, 6.45) is 89.2. The summed E-state index contributed by atoms with van der Waals surface area (Å²) in [6, 6.07) is -0.626. The Morgan fingerprint density at radius 2 is 0.646 bits per heavy atom. The predicted molar refractivity (Wildman–Crippen MR) is 347 cm³/mol. The lowest BCUT2D eigenvalue weighted by molar-refractivity contribution is -0.143. The minimum Gasteiger partial charge on any atom is -0.466 e. The van der Waals surface area contributed by atoms with Crippen LogP contribution in [0.1, 0.15) is 380 Å². The number of rotatable bonds is 66. The highest BCUT2D eigenvalue weighted by Gasteiger charge is 2.18. The van der Waals surface area contributed by atoms with Crippen molar-refractivity contribution >= 4 is 11.9 Å². The first-order valence-electron chi connectivity index (χ1n) is 35.4. The van der Waals surface area contributed by atoms with Gasteiger partial charge in [0.05, 0.1) is 25.4 Å². The van der Waals surface area contributed by atoms with Gasteiger partial charge in [0.15, 0.2) is 0 Å². The predicted octanol–water partition coefficient (Wildman–Crippen LogP) is 22.9. The molecule has 0 aliphatic heterocycles. The molecule has 3 N–H and O–H groups in total. The number of hydrogen-bond donors (Lipinski definition) is 3. The minimum atomic E-state index is -0.842. The molecule has 0 rings (SSSR count). The molecule has 0 bridgehead atoms. The van der Waals surface area contributed by atoms with E-state index in [9.17, 15) is 19.8 Å². The highest BCUT2D eigenvalue weighted by atomic mass is 16.5. The Morgan fingerprint density at radius 3 is 1.01 bits per heavy atom. The molecule has 0 aromatic rings. The largest absolute Gasteiger partial charge is 0.466 e. The van der Waals surface area contributed by atoms with Crippen molar-refractivity contribution in [1.29, 1.82) is 0 Å². The van der Waals surface area contributed by atoms with Crippen LogP contribution in [0.25, 0.3) is 0 Å². The van der Waals surface area contributed by atoms with Crippen LogP contribution in [0.4, 0.5) is 0 Å². The summed E-state index contributed by atoms with van der Waals surface area (Å²) in [5.41, 5.74) is 0. The number of allylic oxidation sites excluding steroid dienone is 7. The standard InChI is InChI=1S/C73H137NO5/c1-3-5-7-9-11-13-15-16-42-46-49-53-57-61-65-71(76)70(69-75)74-72(77)66-62-58-54-50-47-43-40-38-36-34-32-30-28-26-24-22-20-18-17-19-21-23-25-27-29-31-33-35-37-39-41-44-48-52-56-60-64-68-79-73(78)67-63-59-55-51-45-14-12-10-8-6-4-2/h10,12,17,19,23,25,61,65,70-71,75-76H,3-9,11,13-16,18,20-22,24,26-60,62-64,66-69H2,1-2H3,(H,74,77)/b12-10-,19-17-,25-23-,65-61+. The van der Waals surface area contributed by atoms with Crippen LogP contribution in [-0.2, 0) is 14.3 Å². The van der Waals surface area contributed by atoms with Gasteiger partial charge in [0.25, 0.3) is 0 Å². The van der Waals surface area contributed by atoms with Gasteiger partial charge >= 0.3 is 5.97 Å². The van der Waals surface area contributed by atoms with E-state index >= 15 is 0 Å². The van der Waals surface area contributed by atoms with E-state index in [1.165, 1.54) is 302 Å². The van der Waals surface area contributed by atoms with Crippen molar-refractivity contribution in [1.82, 2.24) is 5.32 Å². The number of esters is 1. The molecule has 6 heteroatoms. The van der Waals surface area contributed by atoms with Crippen LogP contribution in [0.15, 0.2) is 48.6 Å². The Morgan fingerprint density at radius 1 is 0.354 bits per heavy atom. The van der Waals surface area contributed by atoms with Gasteiger partial charge in [-0.1, -0.05) is 332 Å². The molecule has 79 heavy (non-hydrogen) atoms. The van der Waals surface area contributed by atoms with E-state index in [0.717, 1.165) is 51.4 Å². The summed E-state index contributed by atoms with van der Waals surface area (Å²) in [5, 5.41) is 23.1. The molecule has 0 fully saturated rings. The van der Waals surface area contributed by atoms with Crippen LogP contribution < -0.4 is 5.32 Å². The lowest BCUT2D eigenvalue weighted by Crippen LogP contribution is -2.45. The highest BCUT2D eigenvalue weighted by Crippen LogP contribution is 2.18. The molecule has 0 saturated carbocycles. The zero-order valence-electron chi connectivity index (χ0n) is 53.1. The van der Waals surface area contributed by atoms with Gasteiger partial charge in [-0.15, -0.1) is 0 Å². The molecule has 0 radical (unpaired) electrons. The van der Waals surface area contributed by atoms with E-state index in [1.807, 2.05) is 6.08 Å². The lowest BCUT2D eigenvalue weighted by atomic mass is 10.0. The second-order valence-electron chi connectivity index (χ2n) is 24.2. The number of hydrogen-bond acceptors (Lipinski definition) is 5. The molecule has 0 aliphatic rings. The highest BCUT2D eigenvalue weighted by molar-refractivity contribution is 5.76. The average Bonchev–Trinajstić information content (AvgIpc) is 3.45. The topological polar surface area (TPSA) is 95.9 Å². The van der Waals surface area contributed by atoms with Gasteiger partial charge in [-0.2, -0.15) is 0 Å². The number of amides is 1. The molecule has 464 valence electrons. The normalized spacial score (nSPS) is 12.8. The zero-order valence-corrected chi connectivity index (χ0v) is 53.1. The smallest absolute Gasteiger partial charge is 0.305 e. The van der Waals surface area contributed by atoms with Crippen LogP contribution >= 0.6 is 0 Å². The van der Waals surface area contributed by atoms with E-state index < -0.39 is 12.1 Å². The summed E-state index contributed by atoms with van der Waals surface area (Å²) in [5.74, 6) is -0.0565. The van der Waals surface area contributed by atoms with Crippen LogP contribution in [0.5, 0.6) is 0 Å². The molecular formula is C73H137NO5. The van der Waals surface area contributed by atoms with Crippen molar-refractivity contribution in [3.63, 3.8) is 0 Å². The van der Waals surface area contributed by atoms with Crippen molar-refractivity contribution in [2.45, 2.75) is 392 Å². The third kappa shape index (κ3) is 64.8. The molecule has 0 aromatic heterocycles. The van der Waals surface area contributed by atoms with Crippen molar-refractivity contribution in [3.05, 3.63) is 48.6 Å². The zero-order chi connectivity index (χ0) is 57.1. The molecule has 2 unspecified atom stereocenters. The Hall–Kier alpha value is -2.18. The quantitative estimate of drug-likeness (QED) is 0.0320. The molecular weight excluding hydrogens is 971 g/mol. The molecule has 6 nitrogen and oxygen atoms in total. The molecule has 0 aromatic carbocycles. The maximum absolute atomic E-state index is 12.5. The van der Waals surface area contributed by atoms with E-state index in [-0.39, 0.29) is 18.5 Å². The number of ether oxygens (including phenoxy) is 1. The van der Waals surface area contributed by atoms with E-state index in [0.29, 0.717) is 19.4 Å². The number of carbonyl (C=O) groups is 2. The van der Waals surface area contributed by atoms with E-state index in [1.54, 1.807) is 6.08 Å². The lowest BCUT2D eigenvalue weighted by Gasteiger charge is -2.20. The van der Waals surface area contributed by atoms with Crippen LogP contribution in [0, 0.1) is 0 Å². The second kappa shape index (κ2) is 68.3. The maximum Gasteiger partial charge on any atom is 0.305 e. The van der Waals surface area contributed by atoms with Gasteiger partial charge in [-0.3, -0.25) is 9.59 Å². The van der Waals surface area contributed by atoms with Gasteiger partial charge in [0.1, 0.15) is 0 Å². The summed E-state index contributed by atoms with van der Waals surface area (Å²) in [7, 11) is 0. The molecule has 0 heterocycles. The maximum atomic E-state index is 12.5. The molecule has 0 spiro atoms. The summed E-state index contributed by atoms with van der Waals surface area (Å²) >= 11 is 0. The first-order valence-corrected chi connectivity index (χ1v) is 35.4. The fourth-order valence-corrected chi connectivity index (χ4v) is 10.9. The van der Waals surface area contributed by atoms with Crippen LogP contribution in [-0.4, -0.2) is 47.4 Å². The molecule has 0 saturated heterocycles. The van der Waals surface area contributed by atoms with Gasteiger partial charge in [-0.25, -0.2) is 0 Å². The Bertz CT molecular complexity index is 1320. The third-order valence-corrected chi connectivity index (χ3v) is 16.3. The SMILES string of the molecule is CCCC/C=C\CCCCCCCC(=O)OCCCCCCCCCCCCCCC/C=C\C/C=C\CCCCCCCCCCCCCCCCCCCC(=O)NC(CO)C(O)/C=C/CCCCCCCCCCCCCC. The number of unbranched alkanes of at least 4 members (excludes halogenated alkanes) is 49. The Balaban J connectivity index is 3.38. The van der Waals surface area contributed by atoms with Crippen LogP contribution in [0.2, 0.25) is 0 Å². The average molecular weight is 1110 g/mol. The van der Waals surface area contributed by atoms with Crippen LogP contribution in [0.3, 0.4) is 0 Å². The number of carbonyl (C=O) groups excluding carboxylic acids is 2. The van der Waals surface area contributed by atoms with Gasteiger partial charge in [0.2, 0.25) is 5.91 Å². The van der Waals surface area contributed by atoms with E-state index in [2.05, 4.69) is 55.6 Å². The van der Waals surface area contributed by atoms with Crippen molar-refractivity contribution in [2.75, 3.05) is 13.2 Å². The van der Waals surface area contributed by atoms with Gasteiger partial charge in [0, 0.05) is 12.8 Å². The fraction of sp³-hybridized carbons (Fsp3) is 0.863. The molecule has 0 aliphatic carbocycles. The first-order chi connectivity index (χ1) is 39.0. The molecule has 2 atom stereocenters. The Labute approximate surface area is 493 Å². The fourth-order valence-electron chi connectivity index (χ4n) is 10.9. The second-order valence-corrected chi connectivity index (χ2v) is 24.2. The first kappa shape index (κ1) is 76.8. The van der Waals surface area contributed by atoms with Crippen molar-refractivity contribution in [2.24, 2.45) is 0 Å². The third-order valence-electron chi connectivity index (χ3n) is 16.3. The Kier molecular flexibility index (Phi) is 66.4. The monoisotopic (exact) mass is 1110 g/mol. The van der Waals surface area contributed by atoms with Gasteiger partial charge < -0.3 is 20.3 Å². The minimum absolute atomic E-state index is 0.00733. The number of aliphatic hydroxyl groups is 2. The molecule has 1 amide bonds. The number of aliphatic hydroxyl groups excluding tert-OH is 2. The summed E-state index contributed by atoms with van der Waals surface area (Å²) < 4.78 is 5.47. The summed E-state index contributed by atoms with van der Waals surface area (Å²) in [6.45, 7) is 4.88.